The average molecular weight is 301 g/mol. The van der Waals surface area contributed by atoms with E-state index in [-0.39, 0.29) is 0 Å². The normalized spacial score (nSPS) is 12.7. The molecule has 3 aromatic rings. The maximum Gasteiger partial charge on any atom is 0.0233 e. The van der Waals surface area contributed by atoms with Crippen molar-refractivity contribution in [3.05, 3.63) is 71.3 Å². The summed E-state index contributed by atoms with van der Waals surface area (Å²) in [5.41, 5.74) is 7.23. The van der Waals surface area contributed by atoms with Crippen molar-refractivity contribution < 1.29 is 0 Å². The van der Waals surface area contributed by atoms with Gasteiger partial charge in [0.2, 0.25) is 0 Å². The zero-order valence-electron chi connectivity index (χ0n) is 14.0. The van der Waals surface area contributed by atoms with Gasteiger partial charge in [0.15, 0.2) is 0 Å². The highest BCUT2D eigenvalue weighted by molar-refractivity contribution is 5.95. The highest BCUT2D eigenvalue weighted by Crippen LogP contribution is 2.40. The van der Waals surface area contributed by atoms with Crippen LogP contribution in [0, 0.1) is 0 Å². The SMILES string of the molecule is CCN(CC)Cc1ccc2ccc3c(c2c1)Cc1ccccc1-3. The van der Waals surface area contributed by atoms with Crippen molar-refractivity contribution in [1.29, 1.82) is 0 Å². The Morgan fingerprint density at radius 1 is 0.870 bits per heavy atom. The van der Waals surface area contributed by atoms with E-state index in [0.717, 1.165) is 26.1 Å². The average Bonchev–Trinajstić information content (AvgIpc) is 2.98. The molecule has 0 bridgehead atoms. The van der Waals surface area contributed by atoms with Crippen LogP contribution in [-0.2, 0) is 13.0 Å². The van der Waals surface area contributed by atoms with Crippen LogP contribution in [0.25, 0.3) is 21.9 Å². The van der Waals surface area contributed by atoms with Gasteiger partial charge in [-0.3, -0.25) is 4.90 Å². The fourth-order valence-corrected chi connectivity index (χ4v) is 3.80. The van der Waals surface area contributed by atoms with Crippen molar-refractivity contribution in [2.24, 2.45) is 0 Å². The number of hydrogen-bond donors (Lipinski definition) is 0. The predicted molar refractivity (Wildman–Crippen MR) is 98.8 cm³/mol. The lowest BCUT2D eigenvalue weighted by molar-refractivity contribution is 0.296. The number of rotatable bonds is 4. The lowest BCUT2D eigenvalue weighted by Crippen LogP contribution is -2.22. The van der Waals surface area contributed by atoms with Gasteiger partial charge in [-0.05, 0) is 64.2 Å². The number of benzene rings is 3. The van der Waals surface area contributed by atoms with Crippen molar-refractivity contribution in [2.75, 3.05) is 13.1 Å². The summed E-state index contributed by atoms with van der Waals surface area (Å²) in [7, 11) is 0. The van der Waals surface area contributed by atoms with Crippen LogP contribution in [0.4, 0.5) is 0 Å². The summed E-state index contributed by atoms with van der Waals surface area (Å²) in [4.78, 5) is 2.47. The highest BCUT2D eigenvalue weighted by Gasteiger charge is 2.19. The van der Waals surface area contributed by atoms with Crippen molar-refractivity contribution >= 4 is 10.8 Å². The van der Waals surface area contributed by atoms with E-state index < -0.39 is 0 Å². The molecule has 23 heavy (non-hydrogen) atoms. The lowest BCUT2D eigenvalue weighted by Gasteiger charge is -2.18. The summed E-state index contributed by atoms with van der Waals surface area (Å²) in [5.74, 6) is 0. The first-order valence-electron chi connectivity index (χ1n) is 8.65. The van der Waals surface area contributed by atoms with Crippen LogP contribution in [0.5, 0.6) is 0 Å². The zero-order chi connectivity index (χ0) is 15.8. The molecule has 0 fully saturated rings. The van der Waals surface area contributed by atoms with Gasteiger partial charge in [0.05, 0.1) is 0 Å². The summed E-state index contributed by atoms with van der Waals surface area (Å²) in [6, 6.07) is 20.4. The molecular formula is C22H23N. The number of nitrogens with zero attached hydrogens (tertiary/aromatic N) is 1. The Balaban J connectivity index is 1.81. The summed E-state index contributed by atoms with van der Waals surface area (Å²) in [5, 5.41) is 2.79. The van der Waals surface area contributed by atoms with Crippen molar-refractivity contribution in [3.63, 3.8) is 0 Å². The summed E-state index contributed by atoms with van der Waals surface area (Å²) in [6.45, 7) is 7.72. The fourth-order valence-electron chi connectivity index (χ4n) is 3.80. The van der Waals surface area contributed by atoms with Crippen molar-refractivity contribution in [3.8, 4) is 11.1 Å². The first kappa shape index (κ1) is 14.5. The zero-order valence-corrected chi connectivity index (χ0v) is 14.0. The van der Waals surface area contributed by atoms with Gasteiger partial charge in [-0.2, -0.15) is 0 Å². The van der Waals surface area contributed by atoms with Gasteiger partial charge in [0.25, 0.3) is 0 Å². The third-order valence-electron chi connectivity index (χ3n) is 5.17. The van der Waals surface area contributed by atoms with Gasteiger partial charge in [-0.15, -0.1) is 0 Å². The molecule has 0 saturated carbocycles. The van der Waals surface area contributed by atoms with E-state index in [1.807, 2.05) is 0 Å². The van der Waals surface area contributed by atoms with E-state index in [9.17, 15) is 0 Å². The molecule has 0 atom stereocenters. The van der Waals surface area contributed by atoms with E-state index in [1.165, 1.54) is 38.6 Å². The Bertz CT molecular complexity index is 859. The van der Waals surface area contributed by atoms with Gasteiger partial charge < -0.3 is 0 Å². The Kier molecular flexibility index (Phi) is 3.66. The summed E-state index contributed by atoms with van der Waals surface area (Å²) >= 11 is 0. The van der Waals surface area contributed by atoms with Gasteiger partial charge in [0, 0.05) is 6.54 Å². The molecule has 3 aromatic carbocycles. The minimum atomic E-state index is 1.04. The molecule has 0 N–H and O–H groups in total. The maximum atomic E-state index is 2.47. The molecule has 0 saturated heterocycles. The number of fused-ring (bicyclic) bond motifs is 5. The predicted octanol–water partition coefficient (Wildman–Crippen LogP) is 5.25. The summed E-state index contributed by atoms with van der Waals surface area (Å²) in [6.07, 6.45) is 1.07. The number of hydrogen-bond acceptors (Lipinski definition) is 1. The molecule has 0 spiro atoms. The third kappa shape index (κ3) is 2.46. The Morgan fingerprint density at radius 3 is 2.48 bits per heavy atom. The Morgan fingerprint density at radius 2 is 1.65 bits per heavy atom. The van der Waals surface area contributed by atoms with Gasteiger partial charge in [0.1, 0.15) is 0 Å². The molecule has 0 amide bonds. The molecule has 4 rings (SSSR count). The van der Waals surface area contributed by atoms with Crippen LogP contribution < -0.4 is 0 Å². The fraction of sp³-hybridized carbons (Fsp3) is 0.273. The Hall–Kier alpha value is -2.12. The van der Waals surface area contributed by atoms with Crippen LogP contribution >= 0.6 is 0 Å². The molecular weight excluding hydrogens is 278 g/mol. The van der Waals surface area contributed by atoms with Crippen LogP contribution in [0.15, 0.2) is 54.6 Å². The van der Waals surface area contributed by atoms with Crippen LogP contribution in [-0.4, -0.2) is 18.0 Å². The van der Waals surface area contributed by atoms with Crippen LogP contribution in [0.2, 0.25) is 0 Å². The molecule has 1 heteroatoms. The van der Waals surface area contributed by atoms with E-state index in [2.05, 4.69) is 73.3 Å². The van der Waals surface area contributed by atoms with Gasteiger partial charge in [-0.1, -0.05) is 62.4 Å². The second-order valence-corrected chi connectivity index (χ2v) is 6.44. The third-order valence-corrected chi connectivity index (χ3v) is 5.17. The maximum absolute atomic E-state index is 2.47. The highest BCUT2D eigenvalue weighted by atomic mass is 15.1. The molecule has 0 unspecified atom stereocenters. The molecule has 116 valence electrons. The molecule has 1 aliphatic carbocycles. The smallest absolute Gasteiger partial charge is 0.0233 e. The van der Waals surface area contributed by atoms with Gasteiger partial charge in [-0.25, -0.2) is 0 Å². The molecule has 0 aliphatic heterocycles. The quantitative estimate of drug-likeness (QED) is 0.497. The van der Waals surface area contributed by atoms with Crippen molar-refractivity contribution in [1.82, 2.24) is 4.90 Å². The largest absolute Gasteiger partial charge is 0.300 e. The second-order valence-electron chi connectivity index (χ2n) is 6.44. The first-order chi connectivity index (χ1) is 11.3. The summed E-state index contributed by atoms with van der Waals surface area (Å²) < 4.78 is 0. The first-order valence-corrected chi connectivity index (χ1v) is 8.65. The molecule has 1 nitrogen and oxygen atoms in total. The van der Waals surface area contributed by atoms with Crippen LogP contribution in [0.1, 0.15) is 30.5 Å². The van der Waals surface area contributed by atoms with E-state index in [4.69, 9.17) is 0 Å². The molecule has 1 aliphatic rings. The van der Waals surface area contributed by atoms with Crippen LogP contribution in [0.3, 0.4) is 0 Å². The van der Waals surface area contributed by atoms with Crippen molar-refractivity contribution in [2.45, 2.75) is 26.8 Å². The van der Waals surface area contributed by atoms with Gasteiger partial charge >= 0.3 is 0 Å². The minimum absolute atomic E-state index is 1.04. The lowest BCUT2D eigenvalue weighted by atomic mass is 9.97. The molecule has 0 radical (unpaired) electrons. The van der Waals surface area contributed by atoms with E-state index in [1.54, 1.807) is 0 Å². The second kappa shape index (κ2) is 5.82. The Labute approximate surface area is 138 Å². The molecule has 0 aromatic heterocycles. The topological polar surface area (TPSA) is 3.24 Å². The standard InChI is InChI=1S/C22H23N/c1-3-23(4-2)15-16-9-10-17-11-12-20-19-8-6-5-7-18(19)14-22(20)21(17)13-16/h5-13H,3-4,14-15H2,1-2H3. The van der Waals surface area contributed by atoms with E-state index in [0.29, 0.717) is 0 Å². The monoisotopic (exact) mass is 301 g/mol. The minimum Gasteiger partial charge on any atom is -0.300 e. The molecule has 0 heterocycles. The van der Waals surface area contributed by atoms with E-state index >= 15 is 0 Å².